The number of anilines is 1. The van der Waals surface area contributed by atoms with Crippen molar-refractivity contribution in [1.82, 2.24) is 9.97 Å². The first kappa shape index (κ1) is 13.2. The van der Waals surface area contributed by atoms with Crippen LogP contribution in [0.1, 0.15) is 12.6 Å². The standard InChI is InChI=1S/C12H10BrClFN3/c1-2-9-10(13)11(16)18-12(17-9)6-3-4-7(14)8(15)5-6/h3-5H,2H2,1H3,(H2,16,17,18). The largest absolute Gasteiger partial charge is 0.383 e. The van der Waals surface area contributed by atoms with E-state index in [1.807, 2.05) is 6.92 Å². The lowest BCUT2D eigenvalue weighted by atomic mass is 10.2. The number of nitrogen functional groups attached to an aromatic ring is 1. The molecule has 6 heteroatoms. The van der Waals surface area contributed by atoms with E-state index in [-0.39, 0.29) is 5.02 Å². The van der Waals surface area contributed by atoms with Crippen molar-refractivity contribution in [3.8, 4) is 11.4 Å². The highest BCUT2D eigenvalue weighted by atomic mass is 79.9. The second-order valence-corrected chi connectivity index (χ2v) is 4.88. The first-order valence-electron chi connectivity index (χ1n) is 5.30. The highest BCUT2D eigenvalue weighted by Gasteiger charge is 2.11. The van der Waals surface area contributed by atoms with Crippen LogP contribution in [0.15, 0.2) is 22.7 Å². The molecule has 94 valence electrons. The molecule has 0 saturated carbocycles. The second-order valence-electron chi connectivity index (χ2n) is 3.68. The van der Waals surface area contributed by atoms with Crippen molar-refractivity contribution < 1.29 is 4.39 Å². The Balaban J connectivity index is 2.57. The molecule has 1 aromatic heterocycles. The summed E-state index contributed by atoms with van der Waals surface area (Å²) < 4.78 is 14.1. The number of rotatable bonds is 2. The Morgan fingerprint density at radius 3 is 2.72 bits per heavy atom. The molecule has 0 aliphatic rings. The zero-order chi connectivity index (χ0) is 13.3. The molecule has 1 aromatic carbocycles. The van der Waals surface area contributed by atoms with E-state index in [1.54, 1.807) is 6.07 Å². The van der Waals surface area contributed by atoms with E-state index in [2.05, 4.69) is 25.9 Å². The van der Waals surface area contributed by atoms with Crippen LogP contribution < -0.4 is 5.73 Å². The van der Waals surface area contributed by atoms with Crippen LogP contribution in [0.4, 0.5) is 10.2 Å². The number of nitrogens with two attached hydrogens (primary N) is 1. The predicted molar refractivity (Wildman–Crippen MR) is 73.9 cm³/mol. The van der Waals surface area contributed by atoms with Crippen LogP contribution in [0.5, 0.6) is 0 Å². The molecular formula is C12H10BrClFN3. The fraction of sp³-hybridized carbons (Fsp3) is 0.167. The Morgan fingerprint density at radius 1 is 1.39 bits per heavy atom. The smallest absolute Gasteiger partial charge is 0.161 e. The van der Waals surface area contributed by atoms with Crippen molar-refractivity contribution in [2.75, 3.05) is 5.73 Å². The van der Waals surface area contributed by atoms with Crippen LogP contribution >= 0.6 is 27.5 Å². The highest BCUT2D eigenvalue weighted by Crippen LogP contribution is 2.27. The first-order chi connectivity index (χ1) is 8.52. The molecule has 3 nitrogen and oxygen atoms in total. The van der Waals surface area contributed by atoms with Gasteiger partial charge in [0.25, 0.3) is 0 Å². The lowest BCUT2D eigenvalue weighted by Gasteiger charge is -2.07. The molecule has 0 bridgehead atoms. The third-order valence-electron chi connectivity index (χ3n) is 2.46. The minimum Gasteiger partial charge on any atom is -0.383 e. The van der Waals surface area contributed by atoms with E-state index in [0.717, 1.165) is 5.69 Å². The summed E-state index contributed by atoms with van der Waals surface area (Å²) in [6, 6.07) is 4.43. The van der Waals surface area contributed by atoms with Crippen LogP contribution in [-0.2, 0) is 6.42 Å². The van der Waals surface area contributed by atoms with Crippen molar-refractivity contribution in [2.45, 2.75) is 13.3 Å². The average molecular weight is 331 g/mol. The van der Waals surface area contributed by atoms with E-state index in [4.69, 9.17) is 17.3 Å². The molecular weight excluding hydrogens is 321 g/mol. The summed E-state index contributed by atoms with van der Waals surface area (Å²) in [6.07, 6.45) is 0.705. The molecule has 0 amide bonds. The molecule has 0 aliphatic carbocycles. The van der Waals surface area contributed by atoms with Crippen molar-refractivity contribution in [3.05, 3.63) is 39.2 Å². The van der Waals surface area contributed by atoms with Crippen molar-refractivity contribution >= 4 is 33.3 Å². The van der Waals surface area contributed by atoms with Crippen LogP contribution in [0.3, 0.4) is 0 Å². The summed E-state index contributed by atoms with van der Waals surface area (Å²) in [5, 5.41) is 0.0690. The third kappa shape index (κ3) is 2.47. The molecule has 0 spiro atoms. The number of hydrogen-bond acceptors (Lipinski definition) is 3. The molecule has 0 unspecified atom stereocenters. The fourth-order valence-electron chi connectivity index (χ4n) is 1.51. The van der Waals surface area contributed by atoms with Crippen molar-refractivity contribution in [1.29, 1.82) is 0 Å². The lowest BCUT2D eigenvalue weighted by molar-refractivity contribution is 0.628. The van der Waals surface area contributed by atoms with E-state index in [0.29, 0.717) is 28.1 Å². The molecule has 0 aliphatic heterocycles. The molecule has 0 fully saturated rings. The molecule has 2 rings (SSSR count). The topological polar surface area (TPSA) is 51.8 Å². The fourth-order valence-corrected chi connectivity index (χ4v) is 2.09. The first-order valence-corrected chi connectivity index (χ1v) is 6.47. The number of halogens is 3. The van der Waals surface area contributed by atoms with Gasteiger partial charge in [-0.2, -0.15) is 0 Å². The van der Waals surface area contributed by atoms with Crippen LogP contribution in [0, 0.1) is 5.82 Å². The third-order valence-corrected chi connectivity index (χ3v) is 3.63. The predicted octanol–water partition coefficient (Wildman–Crippen LogP) is 3.84. The Labute approximate surface area is 117 Å². The maximum absolute atomic E-state index is 13.4. The van der Waals surface area contributed by atoms with Gasteiger partial charge < -0.3 is 5.73 Å². The van der Waals surface area contributed by atoms with Crippen LogP contribution in [-0.4, -0.2) is 9.97 Å². The Morgan fingerprint density at radius 2 is 2.11 bits per heavy atom. The number of nitrogens with zero attached hydrogens (tertiary/aromatic N) is 2. The minimum absolute atomic E-state index is 0.0690. The zero-order valence-corrected chi connectivity index (χ0v) is 11.9. The van der Waals surface area contributed by atoms with Gasteiger partial charge in [0.2, 0.25) is 0 Å². The van der Waals surface area contributed by atoms with E-state index in [1.165, 1.54) is 12.1 Å². The molecule has 2 aromatic rings. The van der Waals surface area contributed by atoms with Gasteiger partial charge in [0, 0.05) is 5.56 Å². The van der Waals surface area contributed by atoms with E-state index in [9.17, 15) is 4.39 Å². The summed E-state index contributed by atoms with van der Waals surface area (Å²) in [5.74, 6) is 0.229. The Hall–Kier alpha value is -1.20. The summed E-state index contributed by atoms with van der Waals surface area (Å²) in [6.45, 7) is 1.96. The number of aromatic nitrogens is 2. The van der Waals surface area contributed by atoms with Gasteiger partial charge in [0.15, 0.2) is 5.82 Å². The molecule has 0 saturated heterocycles. The average Bonchev–Trinajstić information content (AvgIpc) is 2.36. The van der Waals surface area contributed by atoms with Gasteiger partial charge in [-0.1, -0.05) is 18.5 Å². The number of benzene rings is 1. The molecule has 1 heterocycles. The maximum atomic E-state index is 13.4. The van der Waals surface area contributed by atoms with E-state index < -0.39 is 5.82 Å². The summed E-state index contributed by atoms with van der Waals surface area (Å²) in [7, 11) is 0. The number of hydrogen-bond donors (Lipinski definition) is 1. The van der Waals surface area contributed by atoms with E-state index >= 15 is 0 Å². The van der Waals surface area contributed by atoms with Gasteiger partial charge in [0.1, 0.15) is 11.6 Å². The Bertz CT molecular complexity index is 604. The van der Waals surface area contributed by atoms with Gasteiger partial charge in [0.05, 0.1) is 15.2 Å². The van der Waals surface area contributed by atoms with Crippen molar-refractivity contribution in [3.63, 3.8) is 0 Å². The van der Waals surface area contributed by atoms with Crippen LogP contribution in [0.2, 0.25) is 5.02 Å². The molecule has 0 radical (unpaired) electrons. The zero-order valence-electron chi connectivity index (χ0n) is 9.54. The number of aryl methyl sites for hydroxylation is 1. The minimum atomic E-state index is -0.502. The van der Waals surface area contributed by atoms with Crippen molar-refractivity contribution in [2.24, 2.45) is 0 Å². The quantitative estimate of drug-likeness (QED) is 0.910. The monoisotopic (exact) mass is 329 g/mol. The van der Waals surface area contributed by atoms with Gasteiger partial charge >= 0.3 is 0 Å². The SMILES string of the molecule is CCc1nc(-c2ccc(Cl)c(F)c2)nc(N)c1Br. The molecule has 18 heavy (non-hydrogen) atoms. The van der Waals surface area contributed by atoms with Gasteiger partial charge in [-0.25, -0.2) is 14.4 Å². The molecule has 2 N–H and O–H groups in total. The summed E-state index contributed by atoms with van der Waals surface area (Å²) in [5.41, 5.74) is 7.12. The normalized spacial score (nSPS) is 10.7. The lowest BCUT2D eigenvalue weighted by Crippen LogP contribution is -2.02. The summed E-state index contributed by atoms with van der Waals surface area (Å²) in [4.78, 5) is 8.48. The van der Waals surface area contributed by atoms with Gasteiger partial charge in [-0.05, 0) is 40.5 Å². The molecule has 0 atom stereocenters. The van der Waals surface area contributed by atoms with Gasteiger partial charge in [-0.3, -0.25) is 0 Å². The summed E-state index contributed by atoms with van der Waals surface area (Å²) >= 11 is 8.96. The highest BCUT2D eigenvalue weighted by molar-refractivity contribution is 9.10. The van der Waals surface area contributed by atoms with Gasteiger partial charge in [-0.15, -0.1) is 0 Å². The Kier molecular flexibility index (Phi) is 3.82. The second kappa shape index (κ2) is 5.20. The van der Waals surface area contributed by atoms with Crippen LogP contribution in [0.25, 0.3) is 11.4 Å². The maximum Gasteiger partial charge on any atom is 0.161 e.